The summed E-state index contributed by atoms with van der Waals surface area (Å²) in [6.45, 7) is 11.7. The molecule has 0 aliphatic rings. The molecule has 0 heterocycles. The zero-order valence-corrected chi connectivity index (χ0v) is 13.7. The van der Waals surface area contributed by atoms with E-state index in [0.717, 1.165) is 0 Å². The van der Waals surface area contributed by atoms with Crippen molar-refractivity contribution in [3.63, 3.8) is 0 Å². The van der Waals surface area contributed by atoms with Crippen molar-refractivity contribution in [1.29, 1.82) is 0 Å². The van der Waals surface area contributed by atoms with Crippen LogP contribution in [0.2, 0.25) is 0 Å². The van der Waals surface area contributed by atoms with E-state index in [4.69, 9.17) is 33.9 Å². The third-order valence-corrected chi connectivity index (χ3v) is 3.94. The van der Waals surface area contributed by atoms with Crippen LogP contribution in [0.1, 0.15) is 41.5 Å². The maximum absolute atomic E-state index is 5.48. The third-order valence-electron chi connectivity index (χ3n) is 0.957. The summed E-state index contributed by atoms with van der Waals surface area (Å²) in [5.41, 5.74) is -0.533. The molecule has 0 amide bonds. The van der Waals surface area contributed by atoms with Crippen LogP contribution in [0.4, 0.5) is 0 Å². The SMILES string of the molecule is CC(C)(C)OC(=S)SSC(=S)OC(C)(C)C. The van der Waals surface area contributed by atoms with E-state index < -0.39 is 0 Å². The van der Waals surface area contributed by atoms with Crippen LogP contribution in [-0.4, -0.2) is 20.0 Å². The minimum atomic E-state index is -0.267. The zero-order valence-electron chi connectivity index (χ0n) is 10.4. The van der Waals surface area contributed by atoms with Crippen LogP contribution in [0.25, 0.3) is 0 Å². The fourth-order valence-corrected chi connectivity index (χ4v) is 3.03. The minimum absolute atomic E-state index is 0.267. The molecule has 0 aromatic heterocycles. The Labute approximate surface area is 117 Å². The fraction of sp³-hybridized carbons (Fsp3) is 0.800. The molecule has 2 nitrogen and oxygen atoms in total. The van der Waals surface area contributed by atoms with Gasteiger partial charge in [-0.25, -0.2) is 0 Å². The van der Waals surface area contributed by atoms with E-state index >= 15 is 0 Å². The van der Waals surface area contributed by atoms with Crippen molar-refractivity contribution in [3.05, 3.63) is 0 Å². The van der Waals surface area contributed by atoms with Gasteiger partial charge in [0.05, 0.1) is 0 Å². The fourth-order valence-electron chi connectivity index (χ4n) is 0.602. The molecule has 0 bridgehead atoms. The van der Waals surface area contributed by atoms with Crippen molar-refractivity contribution < 1.29 is 9.47 Å². The van der Waals surface area contributed by atoms with Crippen molar-refractivity contribution in [3.8, 4) is 0 Å². The number of ether oxygens (including phenoxy) is 2. The molecule has 0 N–H and O–H groups in total. The highest BCUT2D eigenvalue weighted by molar-refractivity contribution is 8.89. The molecule has 0 aliphatic carbocycles. The van der Waals surface area contributed by atoms with Gasteiger partial charge in [-0.1, -0.05) is 0 Å². The van der Waals surface area contributed by atoms with Crippen LogP contribution < -0.4 is 0 Å². The van der Waals surface area contributed by atoms with Crippen molar-refractivity contribution in [2.45, 2.75) is 52.7 Å². The first kappa shape index (κ1) is 16.5. The smallest absolute Gasteiger partial charge is 0.231 e. The van der Waals surface area contributed by atoms with Gasteiger partial charge in [0, 0.05) is 21.6 Å². The summed E-state index contributed by atoms with van der Waals surface area (Å²) >= 11 is 10.1. The van der Waals surface area contributed by atoms with Gasteiger partial charge in [-0.15, -0.1) is 0 Å². The number of hydrogen-bond acceptors (Lipinski definition) is 6. The van der Waals surface area contributed by atoms with E-state index in [1.165, 1.54) is 21.6 Å². The second-order valence-electron chi connectivity index (χ2n) is 5.10. The summed E-state index contributed by atoms with van der Waals surface area (Å²) in [5, 5.41) is 0. The Morgan fingerprint density at radius 1 is 0.750 bits per heavy atom. The summed E-state index contributed by atoms with van der Waals surface area (Å²) < 4.78 is 11.9. The van der Waals surface area contributed by atoms with E-state index in [1.807, 2.05) is 41.5 Å². The molecular weight excluding hydrogens is 280 g/mol. The molecule has 0 spiro atoms. The molecule has 94 valence electrons. The lowest BCUT2D eigenvalue weighted by molar-refractivity contribution is 0.127. The summed E-state index contributed by atoms with van der Waals surface area (Å²) in [6.07, 6.45) is 0. The summed E-state index contributed by atoms with van der Waals surface area (Å²) in [4.78, 5) is 0. The van der Waals surface area contributed by atoms with Gasteiger partial charge in [0.1, 0.15) is 11.2 Å². The maximum Gasteiger partial charge on any atom is 0.231 e. The molecular formula is C10H18O2S4. The first-order valence-electron chi connectivity index (χ1n) is 4.80. The molecule has 0 radical (unpaired) electrons. The van der Waals surface area contributed by atoms with Crippen molar-refractivity contribution in [2.75, 3.05) is 0 Å². The summed E-state index contributed by atoms with van der Waals surface area (Å²) in [7, 11) is 2.62. The van der Waals surface area contributed by atoms with Gasteiger partial charge < -0.3 is 9.47 Å². The van der Waals surface area contributed by atoms with E-state index in [9.17, 15) is 0 Å². The van der Waals surface area contributed by atoms with Crippen molar-refractivity contribution in [1.82, 2.24) is 0 Å². The van der Waals surface area contributed by atoms with Gasteiger partial charge >= 0.3 is 0 Å². The predicted molar refractivity (Wildman–Crippen MR) is 82.1 cm³/mol. The Bertz CT molecular complexity index is 235. The second kappa shape index (κ2) is 6.42. The van der Waals surface area contributed by atoms with Gasteiger partial charge in [-0.05, 0) is 66.0 Å². The lowest BCUT2D eigenvalue weighted by Gasteiger charge is -2.22. The van der Waals surface area contributed by atoms with Crippen LogP contribution in [0.3, 0.4) is 0 Å². The Morgan fingerprint density at radius 2 is 1.00 bits per heavy atom. The number of hydrogen-bond donors (Lipinski definition) is 0. The molecule has 0 rings (SSSR count). The number of rotatable bonds is 0. The Balaban J connectivity index is 3.90. The molecule has 0 saturated carbocycles. The molecule has 6 heteroatoms. The molecule has 0 aromatic rings. The average Bonchev–Trinajstić information content (AvgIpc) is 1.94. The highest BCUT2D eigenvalue weighted by Gasteiger charge is 2.17. The highest BCUT2D eigenvalue weighted by Crippen LogP contribution is 2.30. The third kappa shape index (κ3) is 11.0. The minimum Gasteiger partial charge on any atom is -0.472 e. The van der Waals surface area contributed by atoms with Gasteiger partial charge in [0.15, 0.2) is 0 Å². The van der Waals surface area contributed by atoms with Gasteiger partial charge in [-0.2, -0.15) is 0 Å². The maximum atomic E-state index is 5.48. The van der Waals surface area contributed by atoms with E-state index in [-0.39, 0.29) is 11.2 Å². The monoisotopic (exact) mass is 298 g/mol. The summed E-state index contributed by atoms with van der Waals surface area (Å²) in [5.74, 6) is 0. The van der Waals surface area contributed by atoms with Crippen molar-refractivity contribution >= 4 is 54.8 Å². The quantitative estimate of drug-likeness (QED) is 0.478. The Morgan fingerprint density at radius 3 is 1.19 bits per heavy atom. The first-order valence-corrected chi connectivity index (χ1v) is 7.77. The largest absolute Gasteiger partial charge is 0.472 e. The average molecular weight is 299 g/mol. The van der Waals surface area contributed by atoms with Crippen LogP contribution in [0.15, 0.2) is 0 Å². The first-order chi connectivity index (χ1) is 6.99. The normalized spacial score (nSPS) is 12.1. The molecule has 0 fully saturated rings. The van der Waals surface area contributed by atoms with E-state index in [1.54, 1.807) is 0 Å². The van der Waals surface area contributed by atoms with Crippen LogP contribution >= 0.6 is 46.0 Å². The zero-order chi connectivity index (χ0) is 13.0. The van der Waals surface area contributed by atoms with E-state index in [0.29, 0.717) is 8.77 Å². The summed E-state index contributed by atoms with van der Waals surface area (Å²) in [6, 6.07) is 0. The highest BCUT2D eigenvalue weighted by atomic mass is 33.1. The van der Waals surface area contributed by atoms with Crippen LogP contribution in [0, 0.1) is 0 Å². The molecule has 16 heavy (non-hydrogen) atoms. The lowest BCUT2D eigenvalue weighted by Crippen LogP contribution is -2.22. The molecule has 0 aromatic carbocycles. The molecule has 0 unspecified atom stereocenters. The standard InChI is InChI=1S/C10H18O2S4/c1-9(2,3)11-7(13)15-16-8(14)12-10(4,5)6/h1-6H3. The molecule has 0 aliphatic heterocycles. The topological polar surface area (TPSA) is 18.5 Å². The van der Waals surface area contributed by atoms with Gasteiger partial charge in [0.2, 0.25) is 8.77 Å². The lowest BCUT2D eigenvalue weighted by atomic mass is 10.2. The van der Waals surface area contributed by atoms with Crippen molar-refractivity contribution in [2.24, 2.45) is 0 Å². The van der Waals surface area contributed by atoms with E-state index in [2.05, 4.69) is 0 Å². The van der Waals surface area contributed by atoms with Gasteiger partial charge in [0.25, 0.3) is 0 Å². The predicted octanol–water partition coefficient (Wildman–Crippen LogP) is 4.57. The second-order valence-corrected chi connectivity index (χ2v) is 8.43. The number of thiocarbonyl (C=S) groups is 2. The van der Waals surface area contributed by atoms with Crippen LogP contribution in [-0.2, 0) is 9.47 Å². The Kier molecular flexibility index (Phi) is 6.62. The Hall–Kier alpha value is 0.480. The molecule has 0 saturated heterocycles. The van der Waals surface area contributed by atoms with Crippen LogP contribution in [0.5, 0.6) is 0 Å². The van der Waals surface area contributed by atoms with Gasteiger partial charge in [-0.3, -0.25) is 0 Å². The molecule has 0 atom stereocenters.